The summed E-state index contributed by atoms with van der Waals surface area (Å²) in [5.41, 5.74) is -0.134. The normalized spacial score (nSPS) is 10.9. The van der Waals surface area contributed by atoms with E-state index in [4.69, 9.17) is 0 Å². The van der Waals surface area contributed by atoms with Crippen LogP contribution in [-0.4, -0.2) is 16.8 Å². The summed E-state index contributed by atoms with van der Waals surface area (Å²) in [7, 11) is 0. The lowest BCUT2D eigenvalue weighted by Gasteiger charge is -2.16. The van der Waals surface area contributed by atoms with E-state index in [1.165, 1.54) is 12.4 Å². The molecule has 0 spiro atoms. The van der Waals surface area contributed by atoms with Crippen molar-refractivity contribution in [3.8, 4) is 0 Å². The van der Waals surface area contributed by atoms with Crippen LogP contribution in [0.25, 0.3) is 0 Å². The van der Waals surface area contributed by atoms with Gasteiger partial charge in [0, 0.05) is 23.4 Å². The molecule has 1 rings (SSSR count). The summed E-state index contributed by atoms with van der Waals surface area (Å²) in [6, 6.07) is 3.12. The van der Waals surface area contributed by atoms with Gasteiger partial charge < -0.3 is 0 Å². The van der Waals surface area contributed by atoms with E-state index in [2.05, 4.69) is 10.3 Å². The third-order valence-corrected chi connectivity index (χ3v) is 1.85. The standard InChI is InChI=1S/C11H14N2O2/c1-11(2,3)10(15)13-9(14)8-4-6-12-7-5-8/h4-7H,1-3H3,(H,13,14,15). The van der Waals surface area contributed by atoms with Crippen LogP contribution in [0.3, 0.4) is 0 Å². The molecule has 0 atom stereocenters. The molecule has 0 fully saturated rings. The Labute approximate surface area is 88.7 Å². The lowest BCUT2D eigenvalue weighted by atomic mass is 9.95. The van der Waals surface area contributed by atoms with E-state index < -0.39 is 11.3 Å². The van der Waals surface area contributed by atoms with Crippen LogP contribution in [-0.2, 0) is 4.79 Å². The molecular weight excluding hydrogens is 192 g/mol. The van der Waals surface area contributed by atoms with Gasteiger partial charge >= 0.3 is 0 Å². The largest absolute Gasteiger partial charge is 0.292 e. The summed E-state index contributed by atoms with van der Waals surface area (Å²) in [6.07, 6.45) is 3.02. The average molecular weight is 206 g/mol. The Balaban J connectivity index is 2.70. The van der Waals surface area contributed by atoms with Crippen molar-refractivity contribution in [3.05, 3.63) is 30.1 Å². The molecule has 80 valence electrons. The van der Waals surface area contributed by atoms with Crippen LogP contribution in [0.2, 0.25) is 0 Å². The molecule has 0 saturated carbocycles. The fourth-order valence-electron chi connectivity index (χ4n) is 0.866. The van der Waals surface area contributed by atoms with Gasteiger partial charge in [0.05, 0.1) is 0 Å². The lowest BCUT2D eigenvalue weighted by molar-refractivity contribution is -0.127. The zero-order valence-corrected chi connectivity index (χ0v) is 9.07. The Morgan fingerprint density at radius 2 is 1.73 bits per heavy atom. The fourth-order valence-corrected chi connectivity index (χ4v) is 0.866. The Hall–Kier alpha value is -1.71. The van der Waals surface area contributed by atoms with E-state index in [0.717, 1.165) is 0 Å². The number of hydrogen-bond acceptors (Lipinski definition) is 3. The predicted octanol–water partition coefficient (Wildman–Crippen LogP) is 1.38. The summed E-state index contributed by atoms with van der Waals surface area (Å²) >= 11 is 0. The Morgan fingerprint density at radius 3 is 2.20 bits per heavy atom. The molecule has 1 heterocycles. The second kappa shape index (κ2) is 4.21. The molecule has 0 aromatic carbocycles. The molecule has 0 unspecified atom stereocenters. The van der Waals surface area contributed by atoms with Crippen molar-refractivity contribution in [2.75, 3.05) is 0 Å². The molecule has 15 heavy (non-hydrogen) atoms. The van der Waals surface area contributed by atoms with Crippen molar-refractivity contribution in [2.24, 2.45) is 5.41 Å². The van der Waals surface area contributed by atoms with Gasteiger partial charge in [-0.05, 0) is 12.1 Å². The molecule has 0 aliphatic carbocycles. The highest BCUT2D eigenvalue weighted by Crippen LogP contribution is 2.12. The zero-order chi connectivity index (χ0) is 11.5. The van der Waals surface area contributed by atoms with Crippen LogP contribution >= 0.6 is 0 Å². The first kappa shape index (κ1) is 11.4. The van der Waals surface area contributed by atoms with Crippen molar-refractivity contribution in [2.45, 2.75) is 20.8 Å². The SMILES string of the molecule is CC(C)(C)C(=O)NC(=O)c1ccncc1. The van der Waals surface area contributed by atoms with Crippen LogP contribution < -0.4 is 5.32 Å². The van der Waals surface area contributed by atoms with Gasteiger partial charge in [-0.2, -0.15) is 0 Å². The van der Waals surface area contributed by atoms with Gasteiger partial charge in [-0.3, -0.25) is 19.9 Å². The van der Waals surface area contributed by atoms with E-state index in [0.29, 0.717) is 5.56 Å². The van der Waals surface area contributed by atoms with Crippen molar-refractivity contribution >= 4 is 11.8 Å². The summed E-state index contributed by atoms with van der Waals surface area (Å²) in [5.74, 6) is -0.679. The number of carbonyl (C=O) groups excluding carboxylic acids is 2. The maximum Gasteiger partial charge on any atom is 0.257 e. The maximum absolute atomic E-state index is 11.5. The third kappa shape index (κ3) is 3.16. The van der Waals surface area contributed by atoms with E-state index >= 15 is 0 Å². The molecule has 2 amide bonds. The second-order valence-electron chi connectivity index (χ2n) is 4.27. The van der Waals surface area contributed by atoms with E-state index in [1.807, 2.05) is 0 Å². The number of carbonyl (C=O) groups is 2. The molecule has 1 aromatic rings. The quantitative estimate of drug-likeness (QED) is 0.755. The minimum Gasteiger partial charge on any atom is -0.292 e. The molecule has 1 aromatic heterocycles. The summed E-state index contributed by atoms with van der Waals surface area (Å²) in [5, 5.41) is 2.33. The van der Waals surface area contributed by atoms with Gasteiger partial charge in [0.2, 0.25) is 5.91 Å². The number of pyridine rings is 1. The van der Waals surface area contributed by atoms with Gasteiger partial charge in [0.25, 0.3) is 5.91 Å². The summed E-state index contributed by atoms with van der Waals surface area (Å²) in [6.45, 7) is 5.26. The smallest absolute Gasteiger partial charge is 0.257 e. The minimum atomic E-state index is -0.567. The number of nitrogens with one attached hydrogen (secondary N) is 1. The molecule has 0 bridgehead atoms. The number of nitrogens with zero attached hydrogens (tertiary/aromatic N) is 1. The Bertz CT molecular complexity index is 366. The Kier molecular flexibility index (Phi) is 3.19. The van der Waals surface area contributed by atoms with E-state index in [1.54, 1.807) is 32.9 Å². The summed E-state index contributed by atoms with van der Waals surface area (Å²) in [4.78, 5) is 26.8. The molecule has 0 saturated heterocycles. The first-order valence-corrected chi connectivity index (χ1v) is 4.67. The van der Waals surface area contributed by atoms with Crippen LogP contribution in [0, 0.1) is 5.41 Å². The average Bonchev–Trinajstić information content (AvgIpc) is 2.17. The van der Waals surface area contributed by atoms with Crippen LogP contribution in [0.15, 0.2) is 24.5 Å². The topological polar surface area (TPSA) is 59.1 Å². The van der Waals surface area contributed by atoms with Gasteiger partial charge in [-0.15, -0.1) is 0 Å². The molecule has 0 aliphatic rings. The van der Waals surface area contributed by atoms with Crippen molar-refractivity contribution in [1.82, 2.24) is 10.3 Å². The number of aromatic nitrogens is 1. The van der Waals surface area contributed by atoms with Crippen molar-refractivity contribution < 1.29 is 9.59 Å². The molecule has 1 N–H and O–H groups in total. The zero-order valence-electron chi connectivity index (χ0n) is 9.07. The first-order valence-electron chi connectivity index (χ1n) is 4.67. The first-order chi connectivity index (χ1) is 6.91. The van der Waals surface area contributed by atoms with E-state index in [9.17, 15) is 9.59 Å². The van der Waals surface area contributed by atoms with Gasteiger partial charge in [-0.1, -0.05) is 20.8 Å². The molecular formula is C11H14N2O2. The molecule has 4 heteroatoms. The number of amides is 2. The van der Waals surface area contributed by atoms with E-state index in [-0.39, 0.29) is 5.91 Å². The fraction of sp³-hybridized carbons (Fsp3) is 0.364. The number of hydrogen-bond donors (Lipinski definition) is 1. The van der Waals surface area contributed by atoms with Crippen molar-refractivity contribution in [1.29, 1.82) is 0 Å². The number of imide groups is 1. The van der Waals surface area contributed by atoms with Crippen molar-refractivity contribution in [3.63, 3.8) is 0 Å². The maximum atomic E-state index is 11.5. The summed E-state index contributed by atoms with van der Waals surface area (Å²) < 4.78 is 0. The Morgan fingerprint density at radius 1 is 1.20 bits per heavy atom. The monoisotopic (exact) mass is 206 g/mol. The highest BCUT2D eigenvalue weighted by atomic mass is 16.2. The second-order valence-corrected chi connectivity index (χ2v) is 4.27. The molecule has 0 radical (unpaired) electrons. The van der Waals surface area contributed by atoms with Gasteiger partial charge in [-0.25, -0.2) is 0 Å². The minimum absolute atomic E-state index is 0.288. The molecule has 4 nitrogen and oxygen atoms in total. The van der Waals surface area contributed by atoms with Gasteiger partial charge in [0.1, 0.15) is 0 Å². The number of rotatable bonds is 1. The van der Waals surface area contributed by atoms with Crippen LogP contribution in [0.4, 0.5) is 0 Å². The predicted molar refractivity (Wildman–Crippen MR) is 56.2 cm³/mol. The van der Waals surface area contributed by atoms with Crippen LogP contribution in [0.1, 0.15) is 31.1 Å². The lowest BCUT2D eigenvalue weighted by Crippen LogP contribution is -2.38. The molecule has 0 aliphatic heterocycles. The third-order valence-electron chi connectivity index (χ3n) is 1.85. The highest BCUT2D eigenvalue weighted by Gasteiger charge is 2.23. The van der Waals surface area contributed by atoms with Crippen LogP contribution in [0.5, 0.6) is 0 Å². The van der Waals surface area contributed by atoms with Gasteiger partial charge in [0.15, 0.2) is 0 Å². The highest BCUT2D eigenvalue weighted by molar-refractivity contribution is 6.05.